The first-order valence-electron chi connectivity index (χ1n) is 6.71. The molecule has 0 aliphatic carbocycles. The summed E-state index contributed by atoms with van der Waals surface area (Å²) in [5, 5.41) is 5.79. The lowest BCUT2D eigenvalue weighted by Crippen LogP contribution is -2.05. The van der Waals surface area contributed by atoms with Gasteiger partial charge in [-0.3, -0.25) is 4.98 Å². The minimum absolute atomic E-state index is 0.718. The summed E-state index contributed by atoms with van der Waals surface area (Å²) in [5.41, 5.74) is 1.08. The molecule has 106 valence electrons. The van der Waals surface area contributed by atoms with Gasteiger partial charge in [0.15, 0.2) is 0 Å². The number of halogens is 1. The molecule has 0 saturated carbocycles. The molecule has 0 unspecified atom stereocenters. The molecule has 0 amide bonds. The zero-order chi connectivity index (χ0) is 14.7. The molecule has 0 saturated heterocycles. The summed E-state index contributed by atoms with van der Waals surface area (Å²) in [7, 11) is 1.90. The van der Waals surface area contributed by atoms with Gasteiger partial charge in [-0.15, -0.1) is 0 Å². The highest BCUT2D eigenvalue weighted by Crippen LogP contribution is 2.33. The number of nitrogens with one attached hydrogen (secondary N) is 1. The van der Waals surface area contributed by atoms with Crippen LogP contribution in [0.3, 0.4) is 0 Å². The Balaban J connectivity index is 1.98. The Morgan fingerprint density at radius 1 is 1.10 bits per heavy atom. The van der Waals surface area contributed by atoms with Crippen molar-refractivity contribution in [3.05, 3.63) is 65.4 Å². The highest BCUT2D eigenvalue weighted by Gasteiger charge is 2.07. The molecular formula is C17H15ClN2O. The molecule has 0 fully saturated rings. The van der Waals surface area contributed by atoms with E-state index in [0.717, 1.165) is 39.4 Å². The standard InChI is InChI=1S/C17H15ClN2O/c1-19-9-12-8-13(11-20-10-12)21-17-7-6-16(18)14-4-2-3-5-15(14)17/h2-8,10-11,19H,9H2,1H3. The van der Waals surface area contributed by atoms with Crippen LogP contribution in [0.5, 0.6) is 11.5 Å². The minimum atomic E-state index is 0.718. The monoisotopic (exact) mass is 298 g/mol. The van der Waals surface area contributed by atoms with Crippen LogP contribution in [0.1, 0.15) is 5.56 Å². The van der Waals surface area contributed by atoms with Crippen LogP contribution < -0.4 is 10.1 Å². The van der Waals surface area contributed by atoms with Gasteiger partial charge in [0.2, 0.25) is 0 Å². The number of aromatic nitrogens is 1. The molecule has 4 heteroatoms. The second kappa shape index (κ2) is 6.12. The second-order valence-electron chi connectivity index (χ2n) is 4.75. The molecule has 0 spiro atoms. The molecule has 0 bridgehead atoms. The fourth-order valence-corrected chi connectivity index (χ4v) is 2.50. The van der Waals surface area contributed by atoms with Crippen LogP contribution in [0.2, 0.25) is 5.02 Å². The van der Waals surface area contributed by atoms with Crippen LogP contribution in [0.25, 0.3) is 10.8 Å². The Kier molecular flexibility index (Phi) is 4.04. The Labute approximate surface area is 128 Å². The number of ether oxygens (including phenoxy) is 1. The Hall–Kier alpha value is -2.10. The molecule has 0 aliphatic heterocycles. The molecule has 3 aromatic rings. The van der Waals surface area contributed by atoms with E-state index >= 15 is 0 Å². The van der Waals surface area contributed by atoms with E-state index in [1.807, 2.05) is 55.7 Å². The number of hydrogen-bond acceptors (Lipinski definition) is 3. The van der Waals surface area contributed by atoms with E-state index in [-0.39, 0.29) is 0 Å². The average Bonchev–Trinajstić information content (AvgIpc) is 2.51. The highest BCUT2D eigenvalue weighted by molar-refractivity contribution is 6.35. The highest BCUT2D eigenvalue weighted by atomic mass is 35.5. The minimum Gasteiger partial charge on any atom is -0.455 e. The summed E-state index contributed by atoms with van der Waals surface area (Å²) in [6.45, 7) is 0.756. The predicted molar refractivity (Wildman–Crippen MR) is 86.0 cm³/mol. The first kappa shape index (κ1) is 13.9. The number of rotatable bonds is 4. The molecular weight excluding hydrogens is 284 g/mol. The van der Waals surface area contributed by atoms with Gasteiger partial charge < -0.3 is 10.1 Å². The third kappa shape index (κ3) is 2.99. The summed E-state index contributed by atoms with van der Waals surface area (Å²) in [6, 6.07) is 13.6. The topological polar surface area (TPSA) is 34.2 Å². The van der Waals surface area contributed by atoms with Crippen molar-refractivity contribution >= 4 is 22.4 Å². The predicted octanol–water partition coefficient (Wildman–Crippen LogP) is 4.40. The average molecular weight is 299 g/mol. The van der Waals surface area contributed by atoms with Crippen LogP contribution in [-0.2, 0) is 6.54 Å². The summed E-state index contributed by atoms with van der Waals surface area (Å²) in [6.07, 6.45) is 3.53. The van der Waals surface area contributed by atoms with Crippen molar-refractivity contribution in [2.45, 2.75) is 6.54 Å². The van der Waals surface area contributed by atoms with Gasteiger partial charge in [0.25, 0.3) is 0 Å². The smallest absolute Gasteiger partial charge is 0.146 e. The van der Waals surface area contributed by atoms with Gasteiger partial charge in [0, 0.05) is 28.5 Å². The van der Waals surface area contributed by atoms with Crippen LogP contribution >= 0.6 is 11.6 Å². The largest absolute Gasteiger partial charge is 0.455 e. The SMILES string of the molecule is CNCc1cncc(Oc2ccc(Cl)c3ccccc23)c1. The van der Waals surface area contributed by atoms with Crippen LogP contribution in [0.15, 0.2) is 54.9 Å². The summed E-state index contributed by atoms with van der Waals surface area (Å²) in [4.78, 5) is 4.21. The Morgan fingerprint density at radius 2 is 1.90 bits per heavy atom. The lowest BCUT2D eigenvalue weighted by Gasteiger charge is -2.10. The van der Waals surface area contributed by atoms with E-state index in [0.29, 0.717) is 0 Å². The fraction of sp³-hybridized carbons (Fsp3) is 0.118. The molecule has 0 atom stereocenters. The summed E-state index contributed by atoms with van der Waals surface area (Å²) < 4.78 is 5.98. The Bertz CT molecular complexity index is 774. The van der Waals surface area contributed by atoms with E-state index in [2.05, 4.69) is 10.3 Å². The molecule has 1 heterocycles. The zero-order valence-corrected chi connectivity index (χ0v) is 12.4. The number of pyridine rings is 1. The molecule has 1 aromatic heterocycles. The van der Waals surface area contributed by atoms with Crippen molar-refractivity contribution in [1.82, 2.24) is 10.3 Å². The molecule has 21 heavy (non-hydrogen) atoms. The molecule has 2 aromatic carbocycles. The zero-order valence-electron chi connectivity index (χ0n) is 11.6. The van der Waals surface area contributed by atoms with Crippen molar-refractivity contribution in [2.24, 2.45) is 0 Å². The third-order valence-electron chi connectivity index (χ3n) is 3.21. The van der Waals surface area contributed by atoms with E-state index in [1.165, 1.54) is 0 Å². The maximum absolute atomic E-state index is 6.22. The van der Waals surface area contributed by atoms with Gasteiger partial charge in [-0.1, -0.05) is 35.9 Å². The number of hydrogen-bond donors (Lipinski definition) is 1. The molecule has 1 N–H and O–H groups in total. The normalized spacial score (nSPS) is 10.8. The van der Waals surface area contributed by atoms with Crippen molar-refractivity contribution in [3.8, 4) is 11.5 Å². The van der Waals surface area contributed by atoms with Gasteiger partial charge in [0.05, 0.1) is 6.20 Å². The molecule has 0 aliphatic rings. The molecule has 3 nitrogen and oxygen atoms in total. The maximum atomic E-state index is 6.22. The number of benzene rings is 2. The van der Waals surface area contributed by atoms with Crippen molar-refractivity contribution in [3.63, 3.8) is 0 Å². The number of nitrogens with zero attached hydrogens (tertiary/aromatic N) is 1. The fourth-order valence-electron chi connectivity index (χ4n) is 2.27. The van der Waals surface area contributed by atoms with Gasteiger partial charge >= 0.3 is 0 Å². The Morgan fingerprint density at radius 3 is 2.71 bits per heavy atom. The molecule has 3 rings (SSSR count). The first-order valence-corrected chi connectivity index (χ1v) is 7.09. The quantitative estimate of drug-likeness (QED) is 0.775. The van der Waals surface area contributed by atoms with Gasteiger partial charge in [-0.05, 0) is 30.8 Å². The summed E-state index contributed by atoms with van der Waals surface area (Å²) in [5.74, 6) is 1.49. The van der Waals surface area contributed by atoms with Gasteiger partial charge in [0.1, 0.15) is 11.5 Å². The lowest BCUT2D eigenvalue weighted by atomic mass is 10.1. The third-order valence-corrected chi connectivity index (χ3v) is 3.54. The van der Waals surface area contributed by atoms with Crippen LogP contribution in [0, 0.1) is 0 Å². The van der Waals surface area contributed by atoms with E-state index in [1.54, 1.807) is 6.20 Å². The number of fused-ring (bicyclic) bond motifs is 1. The van der Waals surface area contributed by atoms with E-state index in [4.69, 9.17) is 16.3 Å². The van der Waals surface area contributed by atoms with Gasteiger partial charge in [-0.25, -0.2) is 0 Å². The van der Waals surface area contributed by atoms with E-state index in [9.17, 15) is 0 Å². The second-order valence-corrected chi connectivity index (χ2v) is 5.16. The van der Waals surface area contributed by atoms with Crippen molar-refractivity contribution in [1.29, 1.82) is 0 Å². The summed E-state index contributed by atoms with van der Waals surface area (Å²) >= 11 is 6.22. The van der Waals surface area contributed by atoms with Crippen LogP contribution in [0.4, 0.5) is 0 Å². The first-order chi connectivity index (χ1) is 10.3. The van der Waals surface area contributed by atoms with E-state index < -0.39 is 0 Å². The van der Waals surface area contributed by atoms with Crippen LogP contribution in [-0.4, -0.2) is 12.0 Å². The lowest BCUT2D eigenvalue weighted by molar-refractivity contribution is 0.484. The van der Waals surface area contributed by atoms with Crippen molar-refractivity contribution < 1.29 is 4.74 Å². The van der Waals surface area contributed by atoms with Crippen molar-refractivity contribution in [2.75, 3.05) is 7.05 Å². The van der Waals surface area contributed by atoms with Gasteiger partial charge in [-0.2, -0.15) is 0 Å². The molecule has 0 radical (unpaired) electrons. The maximum Gasteiger partial charge on any atom is 0.146 e.